The van der Waals surface area contributed by atoms with Gasteiger partial charge in [-0.3, -0.25) is 4.90 Å². The number of rotatable bonds is 6. The normalized spacial score (nSPS) is 15.1. The smallest absolute Gasteiger partial charge is 0.225 e. The summed E-state index contributed by atoms with van der Waals surface area (Å²) in [6, 6.07) is 19.3. The summed E-state index contributed by atoms with van der Waals surface area (Å²) in [5, 5.41) is 3.62. The van der Waals surface area contributed by atoms with Crippen LogP contribution in [-0.2, 0) is 0 Å². The fraction of sp³-hybridized carbons (Fsp3) is 0.286. The van der Waals surface area contributed by atoms with Crippen LogP contribution >= 0.6 is 22.9 Å². The van der Waals surface area contributed by atoms with E-state index >= 15 is 0 Å². The Hall–Kier alpha value is -2.73. The molecule has 5 rings (SSSR count). The molecular formula is C28H29ClN4S. The molecule has 3 heterocycles. The molecular weight excluding hydrogens is 460 g/mol. The number of fused-ring (bicyclic) bond motifs is 1. The Balaban J connectivity index is 1.34. The Morgan fingerprint density at radius 2 is 1.71 bits per heavy atom. The first-order valence-electron chi connectivity index (χ1n) is 11.8. The van der Waals surface area contributed by atoms with E-state index in [2.05, 4.69) is 94.7 Å². The van der Waals surface area contributed by atoms with E-state index in [9.17, 15) is 0 Å². The van der Waals surface area contributed by atoms with Gasteiger partial charge in [0.1, 0.15) is 10.6 Å². The molecule has 1 saturated heterocycles. The molecule has 2 aromatic heterocycles. The maximum absolute atomic E-state index is 6.35. The molecule has 0 N–H and O–H groups in total. The molecule has 6 heteroatoms. The number of hydrogen-bond acceptors (Lipinski definition) is 5. The molecule has 0 saturated carbocycles. The van der Waals surface area contributed by atoms with Gasteiger partial charge in [-0.15, -0.1) is 11.3 Å². The Bertz CT molecular complexity index is 1270. The zero-order chi connectivity index (χ0) is 23.5. The number of nitrogens with zero attached hydrogens (tertiary/aromatic N) is 4. The summed E-state index contributed by atoms with van der Waals surface area (Å²) in [5.41, 5.74) is 4.98. The first-order valence-corrected chi connectivity index (χ1v) is 13.1. The van der Waals surface area contributed by atoms with E-state index in [1.54, 1.807) is 11.3 Å². The quantitative estimate of drug-likeness (QED) is 0.274. The lowest BCUT2D eigenvalue weighted by molar-refractivity contribution is 0.284. The average Bonchev–Trinajstić information content (AvgIpc) is 3.28. The largest absolute Gasteiger partial charge is 0.353 e. The van der Waals surface area contributed by atoms with Crippen molar-refractivity contribution in [2.24, 2.45) is 0 Å². The molecule has 0 atom stereocenters. The lowest BCUT2D eigenvalue weighted by Gasteiger charge is -2.35. The monoisotopic (exact) mass is 488 g/mol. The second-order valence-corrected chi connectivity index (χ2v) is 10.2. The molecule has 1 aliphatic heterocycles. The van der Waals surface area contributed by atoms with Crippen LogP contribution in [0.15, 0.2) is 66.1 Å². The summed E-state index contributed by atoms with van der Waals surface area (Å²) in [7, 11) is 0. The standard InChI is InChI=1S/C28H29ClN4S/c1-20(2)22-10-12-23(13-11-22)24-19-34-27-25(24)26(30-28(29)31-27)33-17-15-32(16-18-33)14-6-9-21-7-4-3-5-8-21/h3-13,19-20H,14-18H2,1-2H3/b9-6+. The highest BCUT2D eigenvalue weighted by Gasteiger charge is 2.23. The summed E-state index contributed by atoms with van der Waals surface area (Å²) < 4.78 is 0. The first kappa shape index (κ1) is 23.0. The van der Waals surface area contributed by atoms with Crippen molar-refractivity contribution in [1.29, 1.82) is 0 Å². The van der Waals surface area contributed by atoms with Crippen LogP contribution in [0.5, 0.6) is 0 Å². The van der Waals surface area contributed by atoms with Crippen molar-refractivity contribution < 1.29 is 0 Å². The van der Waals surface area contributed by atoms with Gasteiger partial charge in [-0.2, -0.15) is 4.98 Å². The first-order chi connectivity index (χ1) is 16.6. The summed E-state index contributed by atoms with van der Waals surface area (Å²) in [5.74, 6) is 1.48. The Kier molecular flexibility index (Phi) is 6.95. The van der Waals surface area contributed by atoms with Crippen LogP contribution in [0, 0.1) is 0 Å². The average molecular weight is 489 g/mol. The number of benzene rings is 2. The van der Waals surface area contributed by atoms with E-state index in [4.69, 9.17) is 16.6 Å². The van der Waals surface area contributed by atoms with Crippen LogP contribution in [0.3, 0.4) is 0 Å². The van der Waals surface area contributed by atoms with E-state index < -0.39 is 0 Å². The van der Waals surface area contributed by atoms with Crippen LogP contribution in [-0.4, -0.2) is 47.6 Å². The Morgan fingerprint density at radius 3 is 2.41 bits per heavy atom. The van der Waals surface area contributed by atoms with Crippen LogP contribution in [0.25, 0.3) is 27.4 Å². The molecule has 0 amide bonds. The van der Waals surface area contributed by atoms with Gasteiger partial charge in [-0.25, -0.2) is 4.98 Å². The summed E-state index contributed by atoms with van der Waals surface area (Å²) in [4.78, 5) is 15.0. The van der Waals surface area contributed by atoms with Crippen molar-refractivity contribution >= 4 is 45.0 Å². The second kappa shape index (κ2) is 10.3. The van der Waals surface area contributed by atoms with Gasteiger partial charge in [0.2, 0.25) is 5.28 Å². The molecule has 1 fully saturated rings. The van der Waals surface area contributed by atoms with Gasteiger partial charge in [-0.1, -0.05) is 80.6 Å². The third kappa shape index (κ3) is 5.02. The van der Waals surface area contributed by atoms with Crippen molar-refractivity contribution in [3.63, 3.8) is 0 Å². The van der Waals surface area contributed by atoms with Gasteiger partial charge in [-0.05, 0) is 34.2 Å². The lowest BCUT2D eigenvalue weighted by atomic mass is 9.99. The highest BCUT2D eigenvalue weighted by atomic mass is 35.5. The van der Waals surface area contributed by atoms with Crippen molar-refractivity contribution in [2.75, 3.05) is 37.6 Å². The molecule has 34 heavy (non-hydrogen) atoms. The van der Waals surface area contributed by atoms with Crippen molar-refractivity contribution in [1.82, 2.24) is 14.9 Å². The summed E-state index contributed by atoms with van der Waals surface area (Å²) in [6.07, 6.45) is 4.45. The van der Waals surface area contributed by atoms with Gasteiger partial charge in [0, 0.05) is 43.7 Å². The summed E-state index contributed by atoms with van der Waals surface area (Å²) >= 11 is 7.99. The predicted octanol–water partition coefficient (Wildman–Crippen LogP) is 6.97. The maximum Gasteiger partial charge on any atom is 0.225 e. The zero-order valence-electron chi connectivity index (χ0n) is 19.6. The van der Waals surface area contributed by atoms with Crippen LogP contribution in [0.4, 0.5) is 5.82 Å². The molecule has 4 aromatic rings. The molecule has 2 aromatic carbocycles. The molecule has 0 spiro atoms. The number of thiophene rings is 1. The molecule has 174 valence electrons. The number of halogens is 1. The van der Waals surface area contributed by atoms with Crippen molar-refractivity contribution in [3.8, 4) is 11.1 Å². The highest BCUT2D eigenvalue weighted by Crippen LogP contribution is 2.39. The van der Waals surface area contributed by atoms with Gasteiger partial charge < -0.3 is 4.90 Å². The highest BCUT2D eigenvalue weighted by molar-refractivity contribution is 7.17. The van der Waals surface area contributed by atoms with Crippen LogP contribution < -0.4 is 4.90 Å². The minimum absolute atomic E-state index is 0.319. The molecule has 0 unspecified atom stereocenters. The number of anilines is 1. The number of hydrogen-bond donors (Lipinski definition) is 0. The molecule has 0 bridgehead atoms. The fourth-order valence-electron chi connectivity index (χ4n) is 4.43. The fourth-order valence-corrected chi connectivity index (χ4v) is 5.59. The van der Waals surface area contributed by atoms with E-state index in [1.165, 1.54) is 22.3 Å². The molecule has 0 radical (unpaired) electrons. The van der Waals surface area contributed by atoms with Crippen LogP contribution in [0.1, 0.15) is 30.9 Å². The molecule has 4 nitrogen and oxygen atoms in total. The minimum atomic E-state index is 0.319. The van der Waals surface area contributed by atoms with E-state index in [-0.39, 0.29) is 0 Å². The molecule has 1 aliphatic rings. The van der Waals surface area contributed by atoms with Gasteiger partial charge in [0.15, 0.2) is 0 Å². The zero-order valence-corrected chi connectivity index (χ0v) is 21.2. The number of aromatic nitrogens is 2. The van der Waals surface area contributed by atoms with Crippen LogP contribution in [0.2, 0.25) is 5.28 Å². The number of piperazine rings is 1. The van der Waals surface area contributed by atoms with Gasteiger partial charge in [0.25, 0.3) is 0 Å². The van der Waals surface area contributed by atoms with E-state index in [0.29, 0.717) is 11.2 Å². The third-order valence-electron chi connectivity index (χ3n) is 6.42. The van der Waals surface area contributed by atoms with Crippen molar-refractivity contribution in [2.45, 2.75) is 19.8 Å². The van der Waals surface area contributed by atoms with E-state index in [0.717, 1.165) is 48.8 Å². The SMILES string of the molecule is CC(C)c1ccc(-c2csc3nc(Cl)nc(N4CCN(C/C=C/c5ccccc5)CC4)c23)cc1. The second-order valence-electron chi connectivity index (χ2n) is 9.02. The maximum atomic E-state index is 6.35. The lowest BCUT2D eigenvalue weighted by Crippen LogP contribution is -2.46. The van der Waals surface area contributed by atoms with E-state index in [1.807, 2.05) is 6.07 Å². The van der Waals surface area contributed by atoms with Crippen molar-refractivity contribution in [3.05, 3.63) is 82.5 Å². The Labute approximate surface area is 210 Å². The summed E-state index contributed by atoms with van der Waals surface area (Å²) in [6.45, 7) is 9.22. The predicted molar refractivity (Wildman–Crippen MR) is 146 cm³/mol. The minimum Gasteiger partial charge on any atom is -0.353 e. The Morgan fingerprint density at radius 1 is 0.971 bits per heavy atom. The van der Waals surface area contributed by atoms with Gasteiger partial charge >= 0.3 is 0 Å². The van der Waals surface area contributed by atoms with Gasteiger partial charge in [0.05, 0.1) is 5.39 Å². The third-order valence-corrected chi connectivity index (χ3v) is 7.46. The topological polar surface area (TPSA) is 32.3 Å². The molecule has 0 aliphatic carbocycles.